The van der Waals surface area contributed by atoms with Crippen molar-refractivity contribution < 1.29 is 18.0 Å². The molecule has 0 radical (unpaired) electrons. The Labute approximate surface area is 247 Å². The lowest BCUT2D eigenvalue weighted by molar-refractivity contribution is -0.139. The second-order valence-corrected chi connectivity index (χ2v) is 12.4. The predicted octanol–water partition coefficient (Wildman–Crippen LogP) is 6.14. The molecule has 214 valence electrons. The van der Waals surface area contributed by atoms with Crippen LogP contribution in [0.5, 0.6) is 0 Å². The highest BCUT2D eigenvalue weighted by atomic mass is 35.5. The number of aryl methyl sites for hydroxylation is 2. The number of amides is 2. The van der Waals surface area contributed by atoms with Crippen molar-refractivity contribution in [1.82, 2.24) is 10.2 Å². The Morgan fingerprint density at radius 1 is 0.950 bits per heavy atom. The summed E-state index contributed by atoms with van der Waals surface area (Å²) in [5.41, 5.74) is 2.54. The molecule has 0 aliphatic carbocycles. The average molecular weight is 605 g/mol. The number of hydrogen-bond acceptors (Lipinski definition) is 4. The zero-order chi connectivity index (χ0) is 29.4. The third-order valence-corrected chi connectivity index (χ3v) is 9.19. The zero-order valence-corrected chi connectivity index (χ0v) is 25.5. The normalized spacial score (nSPS) is 12.1. The van der Waals surface area contributed by atoms with Crippen LogP contribution in [0.3, 0.4) is 0 Å². The van der Waals surface area contributed by atoms with Gasteiger partial charge in [0.05, 0.1) is 10.6 Å². The van der Waals surface area contributed by atoms with Gasteiger partial charge in [-0.15, -0.1) is 0 Å². The van der Waals surface area contributed by atoms with Crippen LogP contribution >= 0.6 is 23.2 Å². The maximum Gasteiger partial charge on any atom is 0.264 e. The Hall–Kier alpha value is -3.07. The molecule has 0 spiro atoms. The first-order chi connectivity index (χ1) is 18.9. The van der Waals surface area contributed by atoms with Crippen molar-refractivity contribution in [3.05, 3.63) is 93.5 Å². The van der Waals surface area contributed by atoms with Crippen LogP contribution in [-0.2, 0) is 26.2 Å². The molecule has 2 amide bonds. The molecular weight excluding hydrogens is 569 g/mol. The molecule has 0 aliphatic heterocycles. The quantitative estimate of drug-likeness (QED) is 0.252. The molecule has 0 bridgehead atoms. The summed E-state index contributed by atoms with van der Waals surface area (Å²) in [4.78, 5) is 28.4. The first-order valence-corrected chi connectivity index (χ1v) is 15.3. The summed E-state index contributed by atoms with van der Waals surface area (Å²) in [7, 11) is -4.17. The molecule has 0 fully saturated rings. The van der Waals surface area contributed by atoms with Gasteiger partial charge in [0, 0.05) is 23.1 Å². The minimum atomic E-state index is -4.17. The van der Waals surface area contributed by atoms with Gasteiger partial charge in [-0.05, 0) is 68.7 Å². The fourth-order valence-electron chi connectivity index (χ4n) is 4.03. The van der Waals surface area contributed by atoms with Crippen molar-refractivity contribution in [1.29, 1.82) is 0 Å². The Bertz CT molecular complexity index is 1450. The second-order valence-electron chi connectivity index (χ2n) is 9.69. The van der Waals surface area contributed by atoms with Crippen LogP contribution < -0.4 is 9.62 Å². The summed E-state index contributed by atoms with van der Waals surface area (Å²) < 4.78 is 28.8. The molecule has 3 aromatic carbocycles. The molecule has 3 rings (SSSR count). The highest BCUT2D eigenvalue weighted by Crippen LogP contribution is 2.29. The van der Waals surface area contributed by atoms with E-state index in [2.05, 4.69) is 5.32 Å². The molecule has 1 atom stereocenters. The standard InChI is InChI=1S/C30H35Cl2N3O4S/c1-5-6-17-33-30(37)23(4)34(19-24-9-7-8-10-27(24)31)29(36)20-35(25-14-13-22(3)28(32)18-25)40(38,39)26-15-11-21(2)12-16-26/h7-16,18,23H,5-6,17,19-20H2,1-4H3,(H,33,37)/t23-/m1/s1. The lowest BCUT2D eigenvalue weighted by Crippen LogP contribution is -2.51. The van der Waals surface area contributed by atoms with Crippen molar-refractivity contribution in [2.24, 2.45) is 0 Å². The van der Waals surface area contributed by atoms with Gasteiger partial charge in [0.1, 0.15) is 12.6 Å². The van der Waals surface area contributed by atoms with Crippen LogP contribution in [0.2, 0.25) is 10.0 Å². The molecule has 1 N–H and O–H groups in total. The highest BCUT2D eigenvalue weighted by Gasteiger charge is 2.33. The van der Waals surface area contributed by atoms with Gasteiger partial charge in [-0.25, -0.2) is 8.42 Å². The molecule has 7 nitrogen and oxygen atoms in total. The van der Waals surface area contributed by atoms with E-state index < -0.39 is 28.5 Å². The smallest absolute Gasteiger partial charge is 0.264 e. The second kappa shape index (κ2) is 14.0. The SMILES string of the molecule is CCCCNC(=O)[C@@H](C)N(Cc1ccccc1Cl)C(=O)CN(c1ccc(C)c(Cl)c1)S(=O)(=O)c1ccc(C)cc1. The molecule has 0 heterocycles. The molecular formula is C30H35Cl2N3O4S. The number of nitrogens with zero attached hydrogens (tertiary/aromatic N) is 2. The van der Waals surface area contributed by atoms with Crippen molar-refractivity contribution in [3.63, 3.8) is 0 Å². The first-order valence-electron chi connectivity index (χ1n) is 13.1. The number of sulfonamides is 1. The molecule has 0 saturated heterocycles. The number of rotatable bonds is 12. The van der Waals surface area contributed by atoms with Crippen LogP contribution in [-0.4, -0.2) is 44.3 Å². The Balaban J connectivity index is 2.03. The Morgan fingerprint density at radius 3 is 2.25 bits per heavy atom. The summed E-state index contributed by atoms with van der Waals surface area (Å²) in [6, 6.07) is 17.4. The van der Waals surface area contributed by atoms with Crippen LogP contribution in [0.4, 0.5) is 5.69 Å². The number of hydrogen-bond donors (Lipinski definition) is 1. The maximum atomic E-state index is 14.0. The molecule has 0 aromatic heterocycles. The van der Waals surface area contributed by atoms with Crippen molar-refractivity contribution in [3.8, 4) is 0 Å². The lowest BCUT2D eigenvalue weighted by Gasteiger charge is -2.32. The molecule has 3 aromatic rings. The number of carbonyl (C=O) groups excluding carboxylic acids is 2. The fourth-order valence-corrected chi connectivity index (χ4v) is 5.81. The molecule has 0 unspecified atom stereocenters. The van der Waals surface area contributed by atoms with Crippen molar-refractivity contribution in [2.45, 2.75) is 58.0 Å². The van der Waals surface area contributed by atoms with Crippen LogP contribution in [0.15, 0.2) is 71.6 Å². The summed E-state index contributed by atoms with van der Waals surface area (Å²) in [6.45, 7) is 7.25. The lowest BCUT2D eigenvalue weighted by atomic mass is 10.1. The van der Waals surface area contributed by atoms with Gasteiger partial charge in [-0.1, -0.05) is 78.5 Å². The average Bonchev–Trinajstić information content (AvgIpc) is 2.92. The van der Waals surface area contributed by atoms with Gasteiger partial charge in [-0.2, -0.15) is 0 Å². The van der Waals surface area contributed by atoms with Crippen LogP contribution in [0, 0.1) is 13.8 Å². The Morgan fingerprint density at radius 2 is 1.62 bits per heavy atom. The van der Waals surface area contributed by atoms with Gasteiger partial charge in [0.2, 0.25) is 11.8 Å². The topological polar surface area (TPSA) is 86.8 Å². The van der Waals surface area contributed by atoms with E-state index in [-0.39, 0.29) is 23.0 Å². The van der Waals surface area contributed by atoms with E-state index in [1.54, 1.807) is 62.4 Å². The van der Waals surface area contributed by atoms with Crippen LogP contribution in [0.1, 0.15) is 43.4 Å². The van der Waals surface area contributed by atoms with E-state index in [1.165, 1.54) is 23.1 Å². The number of carbonyl (C=O) groups is 2. The molecule has 0 aliphatic rings. The van der Waals surface area contributed by atoms with Crippen molar-refractivity contribution >= 4 is 50.7 Å². The number of anilines is 1. The van der Waals surface area contributed by atoms with Gasteiger partial charge in [0.15, 0.2) is 0 Å². The maximum absolute atomic E-state index is 14.0. The number of benzene rings is 3. The van der Waals surface area contributed by atoms with E-state index in [0.717, 1.165) is 28.3 Å². The summed E-state index contributed by atoms with van der Waals surface area (Å²) in [5.74, 6) is -0.898. The summed E-state index contributed by atoms with van der Waals surface area (Å²) in [5, 5.41) is 3.67. The minimum absolute atomic E-state index is 0.0218. The van der Waals surface area contributed by atoms with Gasteiger partial charge >= 0.3 is 0 Å². The van der Waals surface area contributed by atoms with E-state index in [4.69, 9.17) is 23.2 Å². The molecule has 10 heteroatoms. The Kier molecular flexibility index (Phi) is 11.0. The third-order valence-electron chi connectivity index (χ3n) is 6.63. The number of unbranched alkanes of at least 4 members (excludes halogenated alkanes) is 1. The zero-order valence-electron chi connectivity index (χ0n) is 23.2. The van der Waals surface area contributed by atoms with Gasteiger partial charge in [0.25, 0.3) is 10.0 Å². The summed E-state index contributed by atoms with van der Waals surface area (Å²) in [6.07, 6.45) is 1.70. The highest BCUT2D eigenvalue weighted by molar-refractivity contribution is 7.92. The number of nitrogens with one attached hydrogen (secondary N) is 1. The van der Waals surface area contributed by atoms with E-state index in [0.29, 0.717) is 22.2 Å². The summed E-state index contributed by atoms with van der Waals surface area (Å²) >= 11 is 12.8. The predicted molar refractivity (Wildman–Crippen MR) is 161 cm³/mol. The number of halogens is 2. The molecule has 0 saturated carbocycles. The molecule has 40 heavy (non-hydrogen) atoms. The van der Waals surface area contributed by atoms with E-state index in [9.17, 15) is 18.0 Å². The minimum Gasteiger partial charge on any atom is -0.354 e. The van der Waals surface area contributed by atoms with Crippen molar-refractivity contribution in [2.75, 3.05) is 17.4 Å². The monoisotopic (exact) mass is 603 g/mol. The van der Waals surface area contributed by atoms with E-state index in [1.807, 2.05) is 13.8 Å². The van der Waals surface area contributed by atoms with Crippen LogP contribution in [0.25, 0.3) is 0 Å². The third kappa shape index (κ3) is 7.77. The van der Waals surface area contributed by atoms with E-state index >= 15 is 0 Å². The van der Waals surface area contributed by atoms with Gasteiger partial charge < -0.3 is 10.2 Å². The fraction of sp³-hybridized carbons (Fsp3) is 0.333. The first kappa shape index (κ1) is 31.5. The largest absolute Gasteiger partial charge is 0.354 e. The van der Waals surface area contributed by atoms with Gasteiger partial charge in [-0.3, -0.25) is 13.9 Å².